The number of nitrogens with one attached hydrogen (secondary N) is 1. The predicted molar refractivity (Wildman–Crippen MR) is 66.2 cm³/mol. The molecule has 1 aromatic rings. The molecule has 0 spiro atoms. The minimum absolute atomic E-state index is 0.0483. The Morgan fingerprint density at radius 1 is 1.62 bits per heavy atom. The molecule has 1 aromatic heterocycles. The fourth-order valence-electron chi connectivity index (χ4n) is 1.85. The molecule has 6 heteroatoms. The standard InChI is InChI=1S/C10H14ClN3OS/c11-7-9(15)13-8-1-4-14(5-2-8)10-12-3-6-16-10/h3,6,8H,1-2,4-5,7H2,(H,13,15). The zero-order chi connectivity index (χ0) is 11.4. The molecule has 0 saturated carbocycles. The van der Waals surface area contributed by atoms with Crippen molar-refractivity contribution in [2.24, 2.45) is 0 Å². The number of carbonyl (C=O) groups is 1. The number of piperidine rings is 1. The number of aromatic nitrogens is 1. The van der Waals surface area contributed by atoms with Gasteiger partial charge in [0.25, 0.3) is 0 Å². The van der Waals surface area contributed by atoms with Gasteiger partial charge in [0.15, 0.2) is 5.13 Å². The molecule has 0 aromatic carbocycles. The first-order chi connectivity index (χ1) is 7.79. The second-order valence-corrected chi connectivity index (χ2v) is 4.92. The first kappa shape index (κ1) is 11.7. The molecule has 1 N–H and O–H groups in total. The second-order valence-electron chi connectivity index (χ2n) is 3.78. The van der Waals surface area contributed by atoms with Crippen molar-refractivity contribution in [3.63, 3.8) is 0 Å². The van der Waals surface area contributed by atoms with Crippen molar-refractivity contribution in [1.29, 1.82) is 0 Å². The molecule has 0 unspecified atom stereocenters. The van der Waals surface area contributed by atoms with E-state index in [1.807, 2.05) is 11.6 Å². The molecule has 0 radical (unpaired) electrons. The summed E-state index contributed by atoms with van der Waals surface area (Å²) in [6, 6.07) is 0.266. The number of hydrogen-bond donors (Lipinski definition) is 1. The Labute approximate surface area is 104 Å². The number of halogens is 1. The minimum Gasteiger partial charge on any atom is -0.352 e. The lowest BCUT2D eigenvalue weighted by Gasteiger charge is -2.31. The van der Waals surface area contributed by atoms with Crippen LogP contribution in [0.1, 0.15) is 12.8 Å². The molecule has 1 aliphatic heterocycles. The van der Waals surface area contributed by atoms with Crippen LogP contribution in [0.5, 0.6) is 0 Å². The van der Waals surface area contributed by atoms with E-state index < -0.39 is 0 Å². The smallest absolute Gasteiger partial charge is 0.235 e. The maximum absolute atomic E-state index is 11.1. The lowest BCUT2D eigenvalue weighted by atomic mass is 10.1. The number of hydrogen-bond acceptors (Lipinski definition) is 4. The predicted octanol–water partition coefficient (Wildman–Crippen LogP) is 1.47. The molecular formula is C10H14ClN3OS. The monoisotopic (exact) mass is 259 g/mol. The lowest BCUT2D eigenvalue weighted by molar-refractivity contribution is -0.119. The summed E-state index contributed by atoms with van der Waals surface area (Å²) < 4.78 is 0. The minimum atomic E-state index is -0.0747. The van der Waals surface area contributed by atoms with Gasteiger partial charge in [-0.05, 0) is 12.8 Å². The van der Waals surface area contributed by atoms with Crippen LogP contribution in [0, 0.1) is 0 Å². The summed E-state index contributed by atoms with van der Waals surface area (Å²) in [5, 5.41) is 5.97. The van der Waals surface area contributed by atoms with Gasteiger partial charge in [0.05, 0.1) is 0 Å². The molecule has 1 amide bonds. The second kappa shape index (κ2) is 5.50. The number of nitrogens with zero attached hydrogens (tertiary/aromatic N) is 2. The topological polar surface area (TPSA) is 45.2 Å². The third kappa shape index (κ3) is 2.86. The maximum atomic E-state index is 11.1. The Morgan fingerprint density at radius 3 is 2.94 bits per heavy atom. The van der Waals surface area contributed by atoms with E-state index in [9.17, 15) is 4.79 Å². The Balaban J connectivity index is 1.81. The number of alkyl halides is 1. The molecule has 4 nitrogen and oxygen atoms in total. The highest BCUT2D eigenvalue weighted by Gasteiger charge is 2.21. The van der Waals surface area contributed by atoms with Gasteiger partial charge in [0, 0.05) is 30.7 Å². The summed E-state index contributed by atoms with van der Waals surface area (Å²) >= 11 is 7.11. The van der Waals surface area contributed by atoms with Crippen LogP contribution in [0.2, 0.25) is 0 Å². The van der Waals surface area contributed by atoms with E-state index in [1.165, 1.54) is 0 Å². The van der Waals surface area contributed by atoms with E-state index in [1.54, 1.807) is 11.3 Å². The molecule has 0 atom stereocenters. The van der Waals surface area contributed by atoms with E-state index in [2.05, 4.69) is 15.2 Å². The van der Waals surface area contributed by atoms with E-state index in [-0.39, 0.29) is 17.8 Å². The van der Waals surface area contributed by atoms with Crippen LogP contribution in [-0.4, -0.2) is 35.9 Å². The van der Waals surface area contributed by atoms with E-state index in [0.717, 1.165) is 31.1 Å². The fraction of sp³-hybridized carbons (Fsp3) is 0.600. The first-order valence-corrected chi connectivity index (χ1v) is 6.71. The van der Waals surface area contributed by atoms with Crippen LogP contribution in [0.3, 0.4) is 0 Å². The van der Waals surface area contributed by atoms with Gasteiger partial charge < -0.3 is 10.2 Å². The van der Waals surface area contributed by atoms with Crippen molar-refractivity contribution in [3.05, 3.63) is 11.6 Å². The van der Waals surface area contributed by atoms with E-state index >= 15 is 0 Å². The summed E-state index contributed by atoms with van der Waals surface area (Å²) in [7, 11) is 0. The Bertz CT molecular complexity index is 336. The van der Waals surface area contributed by atoms with Gasteiger partial charge in [-0.15, -0.1) is 22.9 Å². The van der Waals surface area contributed by atoms with Crippen molar-refractivity contribution in [2.45, 2.75) is 18.9 Å². The third-order valence-corrected chi connectivity index (χ3v) is 3.75. The van der Waals surface area contributed by atoms with Crippen LogP contribution in [0.4, 0.5) is 5.13 Å². The molecule has 1 fully saturated rings. The molecule has 2 heterocycles. The van der Waals surface area contributed by atoms with Gasteiger partial charge in [-0.3, -0.25) is 4.79 Å². The summed E-state index contributed by atoms with van der Waals surface area (Å²) in [4.78, 5) is 17.7. The summed E-state index contributed by atoms with van der Waals surface area (Å²) in [6.45, 7) is 1.89. The largest absolute Gasteiger partial charge is 0.352 e. The molecule has 0 bridgehead atoms. The van der Waals surface area contributed by atoms with Gasteiger partial charge in [0.2, 0.25) is 5.91 Å². The molecule has 2 rings (SSSR count). The molecule has 1 saturated heterocycles. The van der Waals surface area contributed by atoms with Gasteiger partial charge in [-0.25, -0.2) is 4.98 Å². The summed E-state index contributed by atoms with van der Waals surface area (Å²) in [5.74, 6) is -0.0264. The summed E-state index contributed by atoms with van der Waals surface area (Å²) in [6.07, 6.45) is 3.74. The number of carbonyl (C=O) groups excluding carboxylic acids is 1. The number of thiazole rings is 1. The lowest BCUT2D eigenvalue weighted by Crippen LogP contribution is -2.45. The van der Waals surface area contributed by atoms with Crippen LogP contribution < -0.4 is 10.2 Å². The Morgan fingerprint density at radius 2 is 2.38 bits per heavy atom. The van der Waals surface area contributed by atoms with E-state index in [0.29, 0.717) is 0 Å². The zero-order valence-corrected chi connectivity index (χ0v) is 10.4. The number of anilines is 1. The van der Waals surface area contributed by atoms with Crippen molar-refractivity contribution in [1.82, 2.24) is 10.3 Å². The number of amides is 1. The maximum Gasteiger partial charge on any atom is 0.235 e. The van der Waals surface area contributed by atoms with Crippen LogP contribution >= 0.6 is 22.9 Å². The molecule has 16 heavy (non-hydrogen) atoms. The van der Waals surface area contributed by atoms with Crippen molar-refractivity contribution >= 4 is 34.0 Å². The van der Waals surface area contributed by atoms with Crippen LogP contribution in [0.15, 0.2) is 11.6 Å². The van der Waals surface area contributed by atoms with Crippen LogP contribution in [0.25, 0.3) is 0 Å². The molecule has 88 valence electrons. The van der Waals surface area contributed by atoms with Gasteiger partial charge in [-0.1, -0.05) is 0 Å². The highest BCUT2D eigenvalue weighted by molar-refractivity contribution is 7.13. The summed E-state index contributed by atoms with van der Waals surface area (Å²) in [5.41, 5.74) is 0. The van der Waals surface area contributed by atoms with Crippen molar-refractivity contribution in [3.8, 4) is 0 Å². The van der Waals surface area contributed by atoms with Crippen molar-refractivity contribution in [2.75, 3.05) is 23.9 Å². The van der Waals surface area contributed by atoms with Crippen LogP contribution in [-0.2, 0) is 4.79 Å². The quantitative estimate of drug-likeness (QED) is 0.836. The highest BCUT2D eigenvalue weighted by Crippen LogP contribution is 2.21. The molecule has 1 aliphatic rings. The fourth-order valence-corrected chi connectivity index (χ4v) is 2.63. The highest BCUT2D eigenvalue weighted by atomic mass is 35.5. The van der Waals surface area contributed by atoms with Gasteiger partial charge in [0.1, 0.15) is 5.88 Å². The first-order valence-electron chi connectivity index (χ1n) is 5.29. The Hall–Kier alpha value is -0.810. The van der Waals surface area contributed by atoms with Gasteiger partial charge >= 0.3 is 0 Å². The van der Waals surface area contributed by atoms with Gasteiger partial charge in [-0.2, -0.15) is 0 Å². The third-order valence-electron chi connectivity index (χ3n) is 2.67. The average molecular weight is 260 g/mol. The van der Waals surface area contributed by atoms with E-state index in [4.69, 9.17) is 11.6 Å². The number of rotatable bonds is 3. The molecule has 0 aliphatic carbocycles. The average Bonchev–Trinajstić information content (AvgIpc) is 2.83. The van der Waals surface area contributed by atoms with Crippen molar-refractivity contribution < 1.29 is 4.79 Å². The SMILES string of the molecule is O=C(CCl)NC1CCN(c2nccs2)CC1. The molecular weight excluding hydrogens is 246 g/mol. The Kier molecular flexibility index (Phi) is 4.01. The normalized spacial score (nSPS) is 17.4. The zero-order valence-electron chi connectivity index (χ0n) is 8.86.